The van der Waals surface area contributed by atoms with Crippen LogP contribution >= 0.6 is 23.5 Å². The first-order valence-corrected chi connectivity index (χ1v) is 29.5. The van der Waals surface area contributed by atoms with E-state index in [-0.39, 0.29) is 19.0 Å². The summed E-state index contributed by atoms with van der Waals surface area (Å²) in [5.74, 6) is -1.37. The maximum Gasteiger partial charge on any atom is 0.472 e. The zero-order valence-corrected chi connectivity index (χ0v) is 44.3. The van der Waals surface area contributed by atoms with Gasteiger partial charge in [0.2, 0.25) is 0 Å². The van der Waals surface area contributed by atoms with Crippen molar-refractivity contribution < 1.29 is 90.6 Å². The number of phosphoric acid groups is 3. The lowest BCUT2D eigenvalue weighted by Crippen LogP contribution is -2.65. The minimum absolute atomic E-state index is 0. The Morgan fingerprint density at radius 3 is 1.26 bits per heavy atom. The van der Waals surface area contributed by atoms with Crippen LogP contribution in [0.2, 0.25) is 0 Å². The fourth-order valence-corrected chi connectivity index (χ4v) is 9.51. The first kappa shape index (κ1) is 68.1. The lowest BCUT2D eigenvalue weighted by atomic mass is 9.85. The number of allylic oxidation sites excluding steroid dienone is 8. The Bertz CT molecular complexity index is 1600. The highest BCUT2D eigenvalue weighted by Crippen LogP contribution is 2.51. The van der Waals surface area contributed by atoms with Crippen LogP contribution in [-0.2, 0) is 50.9 Å². The Morgan fingerprint density at radius 1 is 0.471 bits per heavy atom. The quantitative estimate of drug-likeness (QED) is 0.0119. The largest absolute Gasteiger partial charge is 0.472 e. The average molecular weight is 1060 g/mol. The van der Waals surface area contributed by atoms with Gasteiger partial charge >= 0.3 is 35.4 Å². The van der Waals surface area contributed by atoms with Crippen LogP contribution in [0.4, 0.5) is 0 Å². The molecule has 70 heavy (non-hydrogen) atoms. The second kappa shape index (κ2) is 40.5. The number of unbranched alkanes of at least 4 members (excludes halogenated alkanes) is 18. The predicted molar refractivity (Wildman–Crippen MR) is 266 cm³/mol. The highest BCUT2D eigenvalue weighted by Gasteiger charge is 2.56. The van der Waals surface area contributed by atoms with E-state index in [4.69, 9.17) is 18.5 Å². The van der Waals surface area contributed by atoms with Crippen molar-refractivity contribution in [3.05, 3.63) is 48.6 Å². The topological polar surface area (TPSA) is 338 Å². The number of rotatable bonds is 42. The Balaban J connectivity index is 0.0000476. The molecule has 1 rings (SSSR count). The van der Waals surface area contributed by atoms with Crippen molar-refractivity contribution >= 4 is 35.4 Å². The molecule has 0 radical (unpaired) electrons. The number of hydrogen-bond acceptors (Lipinski definition) is 15. The Kier molecular flexibility index (Phi) is 39.3. The average Bonchev–Trinajstić information content (AvgIpc) is 3.28. The summed E-state index contributed by atoms with van der Waals surface area (Å²) in [6.07, 6.45) is 25.5. The van der Waals surface area contributed by atoms with Crippen molar-refractivity contribution in [2.45, 2.75) is 224 Å². The van der Waals surface area contributed by atoms with E-state index in [0.29, 0.717) is 25.7 Å². The van der Waals surface area contributed by atoms with E-state index >= 15 is 0 Å². The van der Waals surface area contributed by atoms with Crippen molar-refractivity contribution in [3.8, 4) is 0 Å². The van der Waals surface area contributed by atoms with Crippen LogP contribution in [0.3, 0.4) is 0 Å². The summed E-state index contributed by atoms with van der Waals surface area (Å²) < 4.78 is 65.5. The number of phosphoric ester groups is 3. The molecule has 0 saturated heterocycles. The van der Waals surface area contributed by atoms with Crippen molar-refractivity contribution in [2.75, 3.05) is 13.2 Å². The zero-order chi connectivity index (χ0) is 51.4. The lowest BCUT2D eigenvalue weighted by molar-refractivity contribution is -0.213. The smallest absolute Gasteiger partial charge is 0.462 e. The second-order valence-electron chi connectivity index (χ2n) is 17.4. The SMILES string of the molecule is CCCCC/C=C\C/C=C\C/C=C\C/C=C\CCCC(=O)O[C@H](COC(=O)CCCCCCCCCCCCCCCCC)COP(=O)(O)OC1[C@H](O)[C@H](OP(=O)(O)O)C(O)[C@H](OP(=O)(O)O)[C@H]1O.N. The molecule has 11 N–H and O–H groups in total. The van der Waals surface area contributed by atoms with Gasteiger partial charge in [0.25, 0.3) is 0 Å². The molecule has 1 fully saturated rings. The third-order valence-electron chi connectivity index (χ3n) is 11.1. The maximum absolute atomic E-state index is 13.2. The van der Waals surface area contributed by atoms with Gasteiger partial charge in [0, 0.05) is 12.8 Å². The molecule has 0 aromatic carbocycles. The van der Waals surface area contributed by atoms with Crippen LogP contribution in [0, 0.1) is 0 Å². The molecule has 0 amide bonds. The molecular formula is C47H88NO19P3. The zero-order valence-electron chi connectivity index (χ0n) is 41.6. The van der Waals surface area contributed by atoms with E-state index < -0.39 is 91.3 Å². The Hall–Kier alpha value is -1.93. The molecule has 1 saturated carbocycles. The molecule has 0 aromatic rings. The van der Waals surface area contributed by atoms with Gasteiger partial charge in [-0.05, 0) is 51.4 Å². The first-order valence-electron chi connectivity index (χ1n) is 24.9. The van der Waals surface area contributed by atoms with Crippen LogP contribution in [-0.4, -0.2) is 108 Å². The van der Waals surface area contributed by atoms with Gasteiger partial charge in [-0.2, -0.15) is 0 Å². The molecule has 0 aromatic heterocycles. The van der Waals surface area contributed by atoms with Crippen LogP contribution in [0.25, 0.3) is 0 Å². The second-order valence-corrected chi connectivity index (χ2v) is 21.2. The highest BCUT2D eigenvalue weighted by atomic mass is 31.2. The van der Waals surface area contributed by atoms with Gasteiger partial charge in [0.15, 0.2) is 6.10 Å². The normalized spacial score (nSPS) is 21.4. The summed E-state index contributed by atoms with van der Waals surface area (Å²) in [4.78, 5) is 73.3. The van der Waals surface area contributed by atoms with E-state index in [2.05, 4.69) is 53.3 Å². The number of aliphatic hydroxyl groups excluding tert-OH is 3. The van der Waals surface area contributed by atoms with Crippen molar-refractivity contribution in [2.24, 2.45) is 0 Å². The summed E-state index contributed by atoms with van der Waals surface area (Å²) in [5, 5.41) is 31.9. The molecule has 8 atom stereocenters. The summed E-state index contributed by atoms with van der Waals surface area (Å²) >= 11 is 0. The van der Waals surface area contributed by atoms with E-state index in [1.165, 1.54) is 83.5 Å². The summed E-state index contributed by atoms with van der Waals surface area (Å²) in [6.45, 7) is 2.86. The molecule has 1 aliphatic rings. The number of ether oxygens (including phenoxy) is 2. The molecule has 410 valence electrons. The molecular weight excluding hydrogens is 975 g/mol. The fraction of sp³-hybridized carbons (Fsp3) is 0.787. The minimum atomic E-state index is -5.56. The predicted octanol–water partition coefficient (Wildman–Crippen LogP) is 9.56. The van der Waals surface area contributed by atoms with Gasteiger partial charge in [-0.1, -0.05) is 165 Å². The Labute approximate surface area is 416 Å². The molecule has 0 aliphatic heterocycles. The Morgan fingerprint density at radius 2 is 0.829 bits per heavy atom. The van der Waals surface area contributed by atoms with E-state index in [0.717, 1.165) is 44.9 Å². The molecule has 23 heteroatoms. The number of carbonyl (C=O) groups excluding carboxylic acids is 2. The molecule has 3 unspecified atom stereocenters. The van der Waals surface area contributed by atoms with E-state index in [1.807, 2.05) is 18.2 Å². The maximum atomic E-state index is 13.2. The van der Waals surface area contributed by atoms with E-state index in [1.54, 1.807) is 0 Å². The molecule has 0 spiro atoms. The van der Waals surface area contributed by atoms with E-state index in [9.17, 15) is 63.1 Å². The van der Waals surface area contributed by atoms with Gasteiger partial charge in [0.05, 0.1) is 6.61 Å². The number of carbonyl (C=O) groups is 2. The lowest BCUT2D eigenvalue weighted by Gasteiger charge is -2.44. The van der Waals surface area contributed by atoms with Crippen molar-refractivity contribution in [3.63, 3.8) is 0 Å². The third kappa shape index (κ3) is 36.1. The summed E-state index contributed by atoms with van der Waals surface area (Å²) in [6, 6.07) is 0. The summed E-state index contributed by atoms with van der Waals surface area (Å²) in [5.41, 5.74) is 0. The molecule has 0 heterocycles. The van der Waals surface area contributed by atoms with Gasteiger partial charge in [-0.15, -0.1) is 0 Å². The van der Waals surface area contributed by atoms with Gasteiger partial charge in [0.1, 0.15) is 43.2 Å². The van der Waals surface area contributed by atoms with Gasteiger partial charge < -0.3 is 55.4 Å². The highest BCUT2D eigenvalue weighted by molar-refractivity contribution is 7.47. The summed E-state index contributed by atoms with van der Waals surface area (Å²) in [7, 11) is -16.6. The number of esters is 2. The van der Waals surface area contributed by atoms with Crippen LogP contribution in [0.15, 0.2) is 48.6 Å². The van der Waals surface area contributed by atoms with Gasteiger partial charge in [-0.25, -0.2) is 13.7 Å². The first-order chi connectivity index (χ1) is 32.8. The molecule has 1 aliphatic carbocycles. The van der Waals surface area contributed by atoms with Crippen LogP contribution in [0.5, 0.6) is 0 Å². The number of aliphatic hydroxyl groups is 3. The minimum Gasteiger partial charge on any atom is -0.462 e. The van der Waals surface area contributed by atoms with Crippen LogP contribution in [0.1, 0.15) is 181 Å². The third-order valence-corrected chi connectivity index (χ3v) is 13.2. The van der Waals surface area contributed by atoms with Gasteiger partial charge in [-0.3, -0.25) is 27.7 Å². The van der Waals surface area contributed by atoms with Crippen molar-refractivity contribution in [1.29, 1.82) is 0 Å². The monoisotopic (exact) mass is 1060 g/mol. The molecule has 0 bridgehead atoms. The fourth-order valence-electron chi connectivity index (χ4n) is 7.40. The standard InChI is InChI=1S/C47H85O19P3.H3N/c1-3-5-7-9-11-13-15-17-19-20-22-24-26-28-30-32-34-36-41(49)63-39(37-61-40(48)35-33-31-29-27-25-23-21-18-16-14-12-10-8-6-4-2)38-62-69(59,60)66-47-43(51)45(64-67(53,54)55)42(50)46(44(47)52)65-68(56,57)58;/h11,13,17,19,22,24,28,30,39,42-47,50-52H,3-10,12,14-16,18,20-21,23,25-27,29,31-38H2,1-2H3,(H,59,60)(H2,53,54,55)(H2,56,57,58);1H3/b13-11-,19-17-,24-22-,30-28-;/t39-,42?,43-,44-,45-,46+,47?;/m1./s1. The van der Waals surface area contributed by atoms with Crippen LogP contribution < -0.4 is 6.15 Å². The molecule has 20 nitrogen and oxygen atoms in total. The van der Waals surface area contributed by atoms with Crippen molar-refractivity contribution in [1.82, 2.24) is 6.15 Å². The number of hydrogen-bond donors (Lipinski definition) is 9.